The molecule has 0 aliphatic heterocycles. The lowest BCUT2D eigenvalue weighted by Gasteiger charge is -2.12. The van der Waals surface area contributed by atoms with Gasteiger partial charge in [0, 0.05) is 23.3 Å². The van der Waals surface area contributed by atoms with Crippen molar-refractivity contribution in [3.05, 3.63) is 76.4 Å². The van der Waals surface area contributed by atoms with E-state index in [9.17, 15) is 4.79 Å². The zero-order valence-corrected chi connectivity index (χ0v) is 18.1. The summed E-state index contributed by atoms with van der Waals surface area (Å²) in [5, 5.41) is 12.7. The predicted octanol–water partition coefficient (Wildman–Crippen LogP) is 5.81. The molecule has 1 amide bonds. The number of nitrogens with one attached hydrogen (secondary N) is 1. The van der Waals surface area contributed by atoms with Gasteiger partial charge in [-0.2, -0.15) is 5.26 Å². The van der Waals surface area contributed by atoms with E-state index in [1.807, 2.05) is 32.0 Å². The first-order valence-corrected chi connectivity index (χ1v) is 10.2. The number of aromatic nitrogens is 1. The molecule has 0 saturated heterocycles. The van der Waals surface area contributed by atoms with Crippen LogP contribution in [0.25, 0.3) is 0 Å². The van der Waals surface area contributed by atoms with Gasteiger partial charge in [0.2, 0.25) is 11.8 Å². The van der Waals surface area contributed by atoms with Crippen LogP contribution in [0.5, 0.6) is 17.4 Å². The van der Waals surface area contributed by atoms with E-state index in [4.69, 9.17) is 26.3 Å². The summed E-state index contributed by atoms with van der Waals surface area (Å²) in [5.41, 5.74) is 2.86. The van der Waals surface area contributed by atoms with Crippen molar-refractivity contribution in [2.75, 3.05) is 11.9 Å². The van der Waals surface area contributed by atoms with Crippen LogP contribution in [0.3, 0.4) is 0 Å². The van der Waals surface area contributed by atoms with E-state index >= 15 is 0 Å². The zero-order chi connectivity index (χ0) is 22.2. The van der Waals surface area contributed by atoms with E-state index in [1.54, 1.807) is 42.6 Å². The van der Waals surface area contributed by atoms with Crippen LogP contribution in [0, 0.1) is 25.2 Å². The number of ether oxygens (including phenoxy) is 2. The van der Waals surface area contributed by atoms with E-state index in [-0.39, 0.29) is 11.8 Å². The summed E-state index contributed by atoms with van der Waals surface area (Å²) in [6.07, 6.45) is 2.49. The van der Waals surface area contributed by atoms with Gasteiger partial charge in [0.25, 0.3) is 0 Å². The van der Waals surface area contributed by atoms with Gasteiger partial charge >= 0.3 is 0 Å². The second kappa shape index (κ2) is 10.5. The van der Waals surface area contributed by atoms with Gasteiger partial charge in [0.15, 0.2) is 0 Å². The van der Waals surface area contributed by atoms with Crippen molar-refractivity contribution in [2.24, 2.45) is 0 Å². The third-order valence-electron chi connectivity index (χ3n) is 4.52. The second-order valence-corrected chi connectivity index (χ2v) is 7.39. The summed E-state index contributed by atoms with van der Waals surface area (Å²) in [7, 11) is 0. The first-order valence-electron chi connectivity index (χ1n) is 9.78. The fraction of sp³-hybridized carbons (Fsp3) is 0.208. The molecular weight excluding hydrogens is 414 g/mol. The van der Waals surface area contributed by atoms with Crippen molar-refractivity contribution in [3.8, 4) is 23.4 Å². The van der Waals surface area contributed by atoms with Crippen LogP contribution in [0.4, 0.5) is 5.69 Å². The van der Waals surface area contributed by atoms with Gasteiger partial charge in [-0.05, 0) is 79.9 Å². The Kier molecular flexibility index (Phi) is 7.47. The highest BCUT2D eigenvalue weighted by molar-refractivity contribution is 6.30. The first kappa shape index (κ1) is 22.1. The Morgan fingerprint density at radius 3 is 2.74 bits per heavy atom. The molecule has 0 saturated carbocycles. The van der Waals surface area contributed by atoms with E-state index in [2.05, 4.69) is 10.3 Å². The molecule has 1 aromatic heterocycles. The number of carbonyl (C=O) groups excluding carboxylic acids is 1. The first-order chi connectivity index (χ1) is 15.0. The Morgan fingerprint density at radius 2 is 2.00 bits per heavy atom. The standard InChI is InChI=1S/C24H22ClN3O3/c1-16-14-20(31-24-18(15-26)5-3-11-27-24)8-9-21(16)28-23(29)6-4-12-30-22-10-7-19(25)13-17(22)2/h3,5,7-11,13-14H,4,6,12H2,1-2H3,(H,28,29). The molecule has 31 heavy (non-hydrogen) atoms. The van der Waals surface area contributed by atoms with Crippen molar-refractivity contribution in [2.45, 2.75) is 26.7 Å². The number of halogens is 1. The Bertz CT molecular complexity index is 1130. The number of amides is 1. The van der Waals surface area contributed by atoms with Crippen molar-refractivity contribution >= 4 is 23.2 Å². The maximum Gasteiger partial charge on any atom is 0.237 e. The molecular formula is C24H22ClN3O3. The van der Waals surface area contributed by atoms with Gasteiger partial charge in [-0.15, -0.1) is 0 Å². The van der Waals surface area contributed by atoms with Crippen molar-refractivity contribution in [3.63, 3.8) is 0 Å². The summed E-state index contributed by atoms with van der Waals surface area (Å²) in [5.74, 6) is 1.46. The quantitative estimate of drug-likeness (QED) is 0.451. The van der Waals surface area contributed by atoms with Gasteiger partial charge in [0.1, 0.15) is 23.1 Å². The minimum Gasteiger partial charge on any atom is -0.493 e. The number of aryl methyl sites for hydroxylation is 2. The van der Waals surface area contributed by atoms with Crippen LogP contribution in [-0.2, 0) is 4.79 Å². The Morgan fingerprint density at radius 1 is 1.16 bits per heavy atom. The summed E-state index contributed by atoms with van der Waals surface area (Å²) >= 11 is 5.94. The highest BCUT2D eigenvalue weighted by Crippen LogP contribution is 2.27. The smallest absolute Gasteiger partial charge is 0.237 e. The fourth-order valence-electron chi connectivity index (χ4n) is 2.91. The normalized spacial score (nSPS) is 10.3. The lowest BCUT2D eigenvalue weighted by atomic mass is 10.2. The molecule has 0 radical (unpaired) electrons. The largest absolute Gasteiger partial charge is 0.493 e. The highest BCUT2D eigenvalue weighted by Gasteiger charge is 2.09. The average molecular weight is 436 g/mol. The molecule has 0 atom stereocenters. The number of benzene rings is 2. The third-order valence-corrected chi connectivity index (χ3v) is 4.76. The topological polar surface area (TPSA) is 84.2 Å². The molecule has 6 nitrogen and oxygen atoms in total. The molecule has 1 N–H and O–H groups in total. The molecule has 0 aliphatic carbocycles. The number of anilines is 1. The van der Waals surface area contributed by atoms with E-state index < -0.39 is 0 Å². The van der Waals surface area contributed by atoms with Gasteiger partial charge in [0.05, 0.1) is 6.61 Å². The van der Waals surface area contributed by atoms with Crippen LogP contribution >= 0.6 is 11.6 Å². The second-order valence-electron chi connectivity index (χ2n) is 6.96. The number of nitrogens with zero attached hydrogens (tertiary/aromatic N) is 2. The van der Waals surface area contributed by atoms with Gasteiger partial charge in [-0.3, -0.25) is 4.79 Å². The van der Waals surface area contributed by atoms with Crippen LogP contribution < -0.4 is 14.8 Å². The average Bonchev–Trinajstić information content (AvgIpc) is 2.75. The van der Waals surface area contributed by atoms with Crippen LogP contribution in [0.15, 0.2) is 54.7 Å². The van der Waals surface area contributed by atoms with Crippen LogP contribution in [0.2, 0.25) is 5.02 Å². The number of carbonyl (C=O) groups is 1. The minimum absolute atomic E-state index is 0.0929. The lowest BCUT2D eigenvalue weighted by molar-refractivity contribution is -0.116. The Labute approximate surface area is 186 Å². The van der Waals surface area contributed by atoms with Gasteiger partial charge in [-0.25, -0.2) is 4.98 Å². The molecule has 0 spiro atoms. The lowest BCUT2D eigenvalue weighted by Crippen LogP contribution is -2.13. The maximum absolute atomic E-state index is 12.3. The zero-order valence-electron chi connectivity index (χ0n) is 17.3. The number of pyridine rings is 1. The molecule has 3 aromatic rings. The Balaban J connectivity index is 1.50. The van der Waals surface area contributed by atoms with E-state index in [0.717, 1.165) is 16.9 Å². The van der Waals surface area contributed by atoms with E-state index in [1.165, 1.54) is 0 Å². The van der Waals surface area contributed by atoms with Crippen molar-refractivity contribution in [1.82, 2.24) is 4.98 Å². The predicted molar refractivity (Wildman–Crippen MR) is 120 cm³/mol. The summed E-state index contributed by atoms with van der Waals surface area (Å²) in [4.78, 5) is 16.4. The van der Waals surface area contributed by atoms with Crippen LogP contribution in [-0.4, -0.2) is 17.5 Å². The molecule has 3 rings (SSSR count). The number of hydrogen-bond donors (Lipinski definition) is 1. The van der Waals surface area contributed by atoms with Crippen LogP contribution in [0.1, 0.15) is 29.5 Å². The molecule has 0 unspecified atom stereocenters. The third kappa shape index (κ3) is 6.21. The molecule has 2 aromatic carbocycles. The summed E-state index contributed by atoms with van der Waals surface area (Å²) < 4.78 is 11.4. The summed E-state index contributed by atoms with van der Waals surface area (Å²) in [6.45, 7) is 4.24. The highest BCUT2D eigenvalue weighted by atomic mass is 35.5. The fourth-order valence-corrected chi connectivity index (χ4v) is 3.14. The van der Waals surface area contributed by atoms with Gasteiger partial charge < -0.3 is 14.8 Å². The Hall–Kier alpha value is -3.56. The molecule has 0 fully saturated rings. The number of nitriles is 1. The van der Waals surface area contributed by atoms with Crippen molar-refractivity contribution in [1.29, 1.82) is 5.26 Å². The van der Waals surface area contributed by atoms with Crippen molar-refractivity contribution < 1.29 is 14.3 Å². The molecule has 0 bridgehead atoms. The molecule has 158 valence electrons. The van der Waals surface area contributed by atoms with Gasteiger partial charge in [-0.1, -0.05) is 11.6 Å². The summed E-state index contributed by atoms with van der Waals surface area (Å²) in [6, 6.07) is 16.1. The molecule has 7 heteroatoms. The SMILES string of the molecule is Cc1cc(Oc2ncccc2C#N)ccc1NC(=O)CCCOc1ccc(Cl)cc1C. The number of hydrogen-bond acceptors (Lipinski definition) is 5. The maximum atomic E-state index is 12.3. The minimum atomic E-state index is -0.0929. The number of rotatable bonds is 8. The van der Waals surface area contributed by atoms with E-state index in [0.29, 0.717) is 41.5 Å². The molecule has 1 heterocycles. The molecule has 0 aliphatic rings. The monoisotopic (exact) mass is 435 g/mol.